The fourth-order valence-electron chi connectivity index (χ4n) is 2.25. The summed E-state index contributed by atoms with van der Waals surface area (Å²) in [5.41, 5.74) is 5.70. The first-order chi connectivity index (χ1) is 7.47. The highest BCUT2D eigenvalue weighted by Crippen LogP contribution is 2.35. The van der Waals surface area contributed by atoms with E-state index in [9.17, 15) is 4.79 Å². The standard InChI is InChI=1S/C13H26N2O/c1-9(2)7-12(8-14)13(16)15(4)10(3)11-5-6-11/h9-12H,5-8,14H2,1-4H3. The number of hydrogen-bond acceptors (Lipinski definition) is 2. The molecule has 0 heterocycles. The monoisotopic (exact) mass is 226 g/mol. The van der Waals surface area contributed by atoms with Crippen molar-refractivity contribution >= 4 is 5.91 Å². The Kier molecular flexibility index (Phi) is 4.78. The molecule has 1 aliphatic carbocycles. The van der Waals surface area contributed by atoms with Crippen molar-refractivity contribution in [3.05, 3.63) is 0 Å². The molecule has 0 saturated heterocycles. The van der Waals surface area contributed by atoms with Crippen LogP contribution in [0, 0.1) is 17.8 Å². The number of amides is 1. The van der Waals surface area contributed by atoms with Gasteiger partial charge in [-0.15, -0.1) is 0 Å². The van der Waals surface area contributed by atoms with Crippen molar-refractivity contribution in [1.29, 1.82) is 0 Å². The Hall–Kier alpha value is -0.570. The summed E-state index contributed by atoms with van der Waals surface area (Å²) in [7, 11) is 1.92. The fourth-order valence-corrected chi connectivity index (χ4v) is 2.25. The zero-order valence-corrected chi connectivity index (χ0v) is 11.1. The summed E-state index contributed by atoms with van der Waals surface area (Å²) in [6.45, 7) is 6.90. The Labute approximate surface area is 99.4 Å². The molecule has 3 nitrogen and oxygen atoms in total. The molecule has 1 aliphatic rings. The Morgan fingerprint density at radius 2 is 1.94 bits per heavy atom. The molecule has 3 heteroatoms. The largest absolute Gasteiger partial charge is 0.342 e. The van der Waals surface area contributed by atoms with Gasteiger partial charge in [0.25, 0.3) is 0 Å². The molecule has 16 heavy (non-hydrogen) atoms. The van der Waals surface area contributed by atoms with E-state index in [1.54, 1.807) is 0 Å². The Bertz CT molecular complexity index is 232. The van der Waals surface area contributed by atoms with Gasteiger partial charge >= 0.3 is 0 Å². The Morgan fingerprint density at radius 1 is 1.38 bits per heavy atom. The lowest BCUT2D eigenvalue weighted by molar-refractivity contribution is -0.136. The third-order valence-electron chi connectivity index (χ3n) is 3.65. The molecule has 0 aromatic heterocycles. The van der Waals surface area contributed by atoms with Crippen LogP contribution in [0.1, 0.15) is 40.0 Å². The summed E-state index contributed by atoms with van der Waals surface area (Å²) in [5.74, 6) is 1.50. The van der Waals surface area contributed by atoms with Gasteiger partial charge in [0.2, 0.25) is 5.91 Å². The number of rotatable bonds is 6. The van der Waals surface area contributed by atoms with Gasteiger partial charge in [0.1, 0.15) is 0 Å². The number of carbonyl (C=O) groups excluding carboxylic acids is 1. The van der Waals surface area contributed by atoms with E-state index in [4.69, 9.17) is 5.73 Å². The highest BCUT2D eigenvalue weighted by atomic mass is 16.2. The van der Waals surface area contributed by atoms with E-state index in [-0.39, 0.29) is 11.8 Å². The maximum Gasteiger partial charge on any atom is 0.226 e. The van der Waals surface area contributed by atoms with Crippen molar-refractivity contribution in [2.75, 3.05) is 13.6 Å². The van der Waals surface area contributed by atoms with Gasteiger partial charge in [-0.3, -0.25) is 4.79 Å². The minimum absolute atomic E-state index is 0.00574. The van der Waals surface area contributed by atoms with E-state index >= 15 is 0 Å². The lowest BCUT2D eigenvalue weighted by atomic mass is 9.95. The molecule has 94 valence electrons. The van der Waals surface area contributed by atoms with Gasteiger partial charge in [-0.05, 0) is 38.0 Å². The van der Waals surface area contributed by atoms with E-state index in [0.717, 1.165) is 12.3 Å². The van der Waals surface area contributed by atoms with E-state index in [1.807, 2.05) is 11.9 Å². The van der Waals surface area contributed by atoms with E-state index in [2.05, 4.69) is 20.8 Å². The highest BCUT2D eigenvalue weighted by molar-refractivity contribution is 5.79. The van der Waals surface area contributed by atoms with E-state index < -0.39 is 0 Å². The third-order valence-corrected chi connectivity index (χ3v) is 3.65. The summed E-state index contributed by atoms with van der Waals surface area (Å²) in [6.07, 6.45) is 3.45. The van der Waals surface area contributed by atoms with Crippen LogP contribution < -0.4 is 5.73 Å². The van der Waals surface area contributed by atoms with Crippen LogP contribution in [-0.4, -0.2) is 30.4 Å². The Balaban J connectivity index is 2.51. The van der Waals surface area contributed by atoms with Crippen LogP contribution >= 0.6 is 0 Å². The van der Waals surface area contributed by atoms with Crippen LogP contribution in [0.4, 0.5) is 0 Å². The molecular weight excluding hydrogens is 200 g/mol. The smallest absolute Gasteiger partial charge is 0.226 e. The zero-order valence-electron chi connectivity index (χ0n) is 11.1. The quantitative estimate of drug-likeness (QED) is 0.751. The fraction of sp³-hybridized carbons (Fsp3) is 0.923. The minimum atomic E-state index is 0.00574. The van der Waals surface area contributed by atoms with Gasteiger partial charge in [-0.25, -0.2) is 0 Å². The predicted molar refractivity (Wildman–Crippen MR) is 67.0 cm³/mol. The van der Waals surface area contributed by atoms with Crippen molar-refractivity contribution in [3.63, 3.8) is 0 Å². The first-order valence-corrected chi connectivity index (χ1v) is 6.44. The summed E-state index contributed by atoms with van der Waals surface area (Å²) in [4.78, 5) is 14.1. The third kappa shape index (κ3) is 3.48. The zero-order chi connectivity index (χ0) is 12.3. The molecule has 0 spiro atoms. The predicted octanol–water partition coefficient (Wildman–Crippen LogP) is 1.86. The first kappa shape index (κ1) is 13.5. The number of carbonyl (C=O) groups is 1. The SMILES string of the molecule is CC(C)CC(CN)C(=O)N(C)C(C)C1CC1. The molecule has 0 aromatic carbocycles. The van der Waals surface area contributed by atoms with Gasteiger partial charge in [0.05, 0.1) is 5.92 Å². The Morgan fingerprint density at radius 3 is 2.31 bits per heavy atom. The van der Waals surface area contributed by atoms with Crippen molar-refractivity contribution in [3.8, 4) is 0 Å². The molecule has 0 aromatic rings. The van der Waals surface area contributed by atoms with Gasteiger partial charge in [-0.1, -0.05) is 13.8 Å². The van der Waals surface area contributed by atoms with E-state index in [0.29, 0.717) is 18.5 Å². The average Bonchev–Trinajstić information content (AvgIpc) is 3.06. The minimum Gasteiger partial charge on any atom is -0.342 e. The van der Waals surface area contributed by atoms with Crippen molar-refractivity contribution in [2.24, 2.45) is 23.5 Å². The molecule has 2 N–H and O–H groups in total. The molecule has 1 rings (SSSR count). The van der Waals surface area contributed by atoms with Gasteiger partial charge < -0.3 is 10.6 Å². The van der Waals surface area contributed by atoms with Crippen molar-refractivity contribution in [2.45, 2.75) is 46.1 Å². The molecule has 2 unspecified atom stereocenters. The topological polar surface area (TPSA) is 46.3 Å². The first-order valence-electron chi connectivity index (χ1n) is 6.44. The van der Waals surface area contributed by atoms with Crippen LogP contribution in [0.3, 0.4) is 0 Å². The lowest BCUT2D eigenvalue weighted by Crippen LogP contribution is -2.42. The van der Waals surface area contributed by atoms with Gasteiger partial charge in [0.15, 0.2) is 0 Å². The van der Waals surface area contributed by atoms with E-state index in [1.165, 1.54) is 12.8 Å². The van der Waals surface area contributed by atoms with Crippen molar-refractivity contribution in [1.82, 2.24) is 4.90 Å². The highest BCUT2D eigenvalue weighted by Gasteiger charge is 2.34. The van der Waals surface area contributed by atoms with Crippen molar-refractivity contribution < 1.29 is 4.79 Å². The molecule has 1 amide bonds. The van der Waals surface area contributed by atoms with Gasteiger partial charge in [0, 0.05) is 19.6 Å². The number of nitrogens with zero attached hydrogens (tertiary/aromatic N) is 1. The van der Waals surface area contributed by atoms with Crippen LogP contribution in [0.15, 0.2) is 0 Å². The summed E-state index contributed by atoms with van der Waals surface area (Å²) in [5, 5.41) is 0. The molecule has 0 aliphatic heterocycles. The molecule has 1 saturated carbocycles. The van der Waals surface area contributed by atoms with Crippen LogP contribution in [0.5, 0.6) is 0 Å². The molecule has 0 radical (unpaired) electrons. The second kappa shape index (κ2) is 5.67. The van der Waals surface area contributed by atoms with Crippen LogP contribution in [0.2, 0.25) is 0 Å². The number of nitrogens with two attached hydrogens (primary N) is 1. The second-order valence-electron chi connectivity index (χ2n) is 5.59. The van der Waals surface area contributed by atoms with Gasteiger partial charge in [-0.2, -0.15) is 0 Å². The molecular formula is C13H26N2O. The summed E-state index contributed by atoms with van der Waals surface area (Å²) < 4.78 is 0. The maximum atomic E-state index is 12.2. The second-order valence-corrected chi connectivity index (χ2v) is 5.59. The molecule has 2 atom stereocenters. The normalized spacial score (nSPS) is 19.6. The molecule has 1 fully saturated rings. The average molecular weight is 226 g/mol. The summed E-state index contributed by atoms with van der Waals surface area (Å²) in [6, 6.07) is 0.383. The lowest BCUT2D eigenvalue weighted by Gasteiger charge is -2.29. The maximum absolute atomic E-state index is 12.2. The molecule has 0 bridgehead atoms. The number of hydrogen-bond donors (Lipinski definition) is 1. The van der Waals surface area contributed by atoms with Crippen LogP contribution in [0.25, 0.3) is 0 Å². The van der Waals surface area contributed by atoms with Crippen LogP contribution in [-0.2, 0) is 4.79 Å². The summed E-state index contributed by atoms with van der Waals surface area (Å²) >= 11 is 0.